The highest BCUT2D eigenvalue weighted by Gasteiger charge is 2.41. The highest BCUT2D eigenvalue weighted by atomic mass is 19.1. The molecule has 3 aromatic rings. The molecule has 0 saturated heterocycles. The van der Waals surface area contributed by atoms with E-state index in [0.717, 1.165) is 41.6 Å². The van der Waals surface area contributed by atoms with Gasteiger partial charge in [0.25, 0.3) is 5.91 Å². The van der Waals surface area contributed by atoms with E-state index in [2.05, 4.69) is 17.1 Å². The number of unbranched alkanes of at least 4 members (excludes halogenated alkanes) is 2. The third-order valence-electron chi connectivity index (χ3n) is 5.08. The van der Waals surface area contributed by atoms with Gasteiger partial charge in [-0.2, -0.15) is 5.10 Å². The lowest BCUT2D eigenvalue weighted by atomic mass is 9.96. The summed E-state index contributed by atoms with van der Waals surface area (Å²) >= 11 is 0. The first-order valence-corrected chi connectivity index (χ1v) is 9.40. The zero-order valence-electron chi connectivity index (χ0n) is 15.3. The van der Waals surface area contributed by atoms with Crippen LogP contribution in [-0.4, -0.2) is 27.5 Å². The summed E-state index contributed by atoms with van der Waals surface area (Å²) in [6.07, 6.45) is 3.05. The maximum atomic E-state index is 13.9. The lowest BCUT2D eigenvalue weighted by molar-refractivity contribution is 0.0740. The van der Waals surface area contributed by atoms with Gasteiger partial charge in [0, 0.05) is 17.7 Å². The number of rotatable bonds is 6. The number of fused-ring (bicyclic) bond motifs is 1. The summed E-state index contributed by atoms with van der Waals surface area (Å²) in [5.41, 5.74) is 3.83. The molecule has 138 valence electrons. The number of carbonyl (C=O) groups is 1. The van der Waals surface area contributed by atoms with Crippen LogP contribution in [0.2, 0.25) is 0 Å². The smallest absolute Gasteiger partial charge is 0.273 e. The Kier molecular flexibility index (Phi) is 4.75. The fourth-order valence-corrected chi connectivity index (χ4v) is 3.80. The van der Waals surface area contributed by atoms with E-state index in [4.69, 9.17) is 0 Å². The summed E-state index contributed by atoms with van der Waals surface area (Å²) in [5.74, 6) is -0.364. The quantitative estimate of drug-likeness (QED) is 0.630. The molecule has 4 nitrogen and oxygen atoms in total. The molecular formula is C22H22FN3O. The number of hydrogen-bond acceptors (Lipinski definition) is 2. The molecule has 1 atom stereocenters. The van der Waals surface area contributed by atoms with Crippen LogP contribution in [0.3, 0.4) is 0 Å². The fourth-order valence-electron chi connectivity index (χ4n) is 3.80. The number of aromatic amines is 1. The lowest BCUT2D eigenvalue weighted by Crippen LogP contribution is -2.30. The first-order chi connectivity index (χ1) is 13.2. The van der Waals surface area contributed by atoms with Crippen molar-refractivity contribution in [2.45, 2.75) is 32.2 Å². The van der Waals surface area contributed by atoms with Crippen LogP contribution in [0.15, 0.2) is 54.6 Å². The molecule has 0 aliphatic carbocycles. The van der Waals surface area contributed by atoms with Crippen LogP contribution in [0, 0.1) is 5.82 Å². The third kappa shape index (κ3) is 3.14. The second-order valence-electron chi connectivity index (χ2n) is 6.89. The number of H-pyrrole nitrogens is 1. The molecule has 1 amide bonds. The number of nitrogens with one attached hydrogen (secondary N) is 1. The normalized spacial score (nSPS) is 16.0. The molecule has 0 radical (unpaired) electrons. The number of carbonyl (C=O) groups excluding carboxylic acids is 1. The van der Waals surface area contributed by atoms with Crippen LogP contribution in [0.25, 0.3) is 11.3 Å². The zero-order valence-corrected chi connectivity index (χ0v) is 15.3. The molecule has 5 heteroatoms. The molecule has 4 rings (SSSR count). The fraction of sp³-hybridized carbons (Fsp3) is 0.273. The molecule has 0 bridgehead atoms. The van der Waals surface area contributed by atoms with Crippen molar-refractivity contribution in [2.24, 2.45) is 0 Å². The molecule has 0 spiro atoms. The number of benzene rings is 2. The van der Waals surface area contributed by atoms with Crippen LogP contribution < -0.4 is 0 Å². The van der Waals surface area contributed by atoms with Gasteiger partial charge in [-0.1, -0.05) is 62.2 Å². The second kappa shape index (κ2) is 7.35. The molecule has 2 heterocycles. The van der Waals surface area contributed by atoms with E-state index >= 15 is 0 Å². The van der Waals surface area contributed by atoms with Crippen LogP contribution in [0.1, 0.15) is 53.8 Å². The Hall–Kier alpha value is -2.95. The standard InChI is InChI=1S/C22H22FN3O/c1-2-3-7-13-26-21(16-11-8-12-17(23)14-16)18-19(15-9-5-4-6-10-15)24-25-20(18)22(26)27/h4-6,8-12,14,21H,2-3,7,13H2,1H3,(H,24,25). The van der Waals surface area contributed by atoms with Crippen LogP contribution >= 0.6 is 0 Å². The van der Waals surface area contributed by atoms with Gasteiger partial charge in [-0.3, -0.25) is 9.89 Å². The van der Waals surface area contributed by atoms with Gasteiger partial charge in [0.05, 0.1) is 11.7 Å². The van der Waals surface area contributed by atoms with E-state index in [1.54, 1.807) is 6.07 Å². The first-order valence-electron chi connectivity index (χ1n) is 9.40. The van der Waals surface area contributed by atoms with Gasteiger partial charge in [0.2, 0.25) is 0 Å². The maximum absolute atomic E-state index is 13.9. The number of hydrogen-bond donors (Lipinski definition) is 1. The maximum Gasteiger partial charge on any atom is 0.273 e. The molecule has 1 N–H and O–H groups in total. The minimum atomic E-state index is -0.325. The minimum absolute atomic E-state index is 0.0648. The van der Waals surface area contributed by atoms with Crippen molar-refractivity contribution >= 4 is 5.91 Å². The van der Waals surface area contributed by atoms with Crippen molar-refractivity contribution in [3.8, 4) is 11.3 Å². The molecule has 0 saturated carbocycles. The number of halogens is 1. The molecular weight excluding hydrogens is 341 g/mol. The van der Waals surface area contributed by atoms with E-state index in [0.29, 0.717) is 12.2 Å². The topological polar surface area (TPSA) is 49.0 Å². The Bertz CT molecular complexity index is 951. The summed E-state index contributed by atoms with van der Waals surface area (Å²) in [6, 6.07) is 16.0. The summed E-state index contributed by atoms with van der Waals surface area (Å²) in [7, 11) is 0. The van der Waals surface area contributed by atoms with Gasteiger partial charge >= 0.3 is 0 Å². The Balaban J connectivity index is 1.82. The second-order valence-corrected chi connectivity index (χ2v) is 6.89. The van der Waals surface area contributed by atoms with Gasteiger partial charge in [-0.25, -0.2) is 4.39 Å². The molecule has 1 aromatic heterocycles. The van der Waals surface area contributed by atoms with E-state index in [1.165, 1.54) is 12.1 Å². The number of amides is 1. The molecule has 27 heavy (non-hydrogen) atoms. The van der Waals surface area contributed by atoms with Crippen molar-refractivity contribution in [1.82, 2.24) is 15.1 Å². The number of aromatic nitrogens is 2. The van der Waals surface area contributed by atoms with Crippen molar-refractivity contribution in [2.75, 3.05) is 6.54 Å². The monoisotopic (exact) mass is 363 g/mol. The van der Waals surface area contributed by atoms with Crippen molar-refractivity contribution in [1.29, 1.82) is 0 Å². The predicted octanol–water partition coefficient (Wildman–Crippen LogP) is 4.95. The minimum Gasteiger partial charge on any atom is -0.326 e. The lowest BCUT2D eigenvalue weighted by Gasteiger charge is -2.26. The molecule has 1 aliphatic heterocycles. The van der Waals surface area contributed by atoms with Gasteiger partial charge in [-0.15, -0.1) is 0 Å². The zero-order chi connectivity index (χ0) is 18.8. The highest BCUT2D eigenvalue weighted by molar-refractivity contribution is 6.00. The summed E-state index contributed by atoms with van der Waals surface area (Å²) in [4.78, 5) is 14.9. The summed E-state index contributed by atoms with van der Waals surface area (Å²) < 4.78 is 13.9. The van der Waals surface area contributed by atoms with Crippen molar-refractivity contribution < 1.29 is 9.18 Å². The number of nitrogens with zero attached hydrogens (tertiary/aromatic N) is 2. The van der Waals surface area contributed by atoms with Crippen LogP contribution in [-0.2, 0) is 0 Å². The molecule has 2 aromatic carbocycles. The van der Waals surface area contributed by atoms with Gasteiger partial charge in [0.1, 0.15) is 11.5 Å². The van der Waals surface area contributed by atoms with Crippen molar-refractivity contribution in [3.05, 3.63) is 77.2 Å². The van der Waals surface area contributed by atoms with Crippen LogP contribution in [0.4, 0.5) is 4.39 Å². The highest BCUT2D eigenvalue weighted by Crippen LogP contribution is 2.42. The Labute approximate surface area is 158 Å². The largest absolute Gasteiger partial charge is 0.326 e. The SMILES string of the molecule is CCCCCN1C(=O)c2[nH]nc(-c3ccccc3)c2C1c1cccc(F)c1. The third-order valence-corrected chi connectivity index (χ3v) is 5.08. The molecule has 1 aliphatic rings. The summed E-state index contributed by atoms with van der Waals surface area (Å²) in [5, 5.41) is 7.36. The van der Waals surface area contributed by atoms with E-state index < -0.39 is 0 Å². The van der Waals surface area contributed by atoms with Gasteiger partial charge in [0.15, 0.2) is 0 Å². The average molecular weight is 363 g/mol. The molecule has 1 unspecified atom stereocenters. The predicted molar refractivity (Wildman–Crippen MR) is 103 cm³/mol. The Morgan fingerprint density at radius 2 is 1.93 bits per heavy atom. The summed E-state index contributed by atoms with van der Waals surface area (Å²) in [6.45, 7) is 2.78. The van der Waals surface area contributed by atoms with Crippen LogP contribution in [0.5, 0.6) is 0 Å². The first kappa shape index (κ1) is 17.5. The Morgan fingerprint density at radius 1 is 1.11 bits per heavy atom. The average Bonchev–Trinajstić information content (AvgIpc) is 3.22. The van der Waals surface area contributed by atoms with Crippen molar-refractivity contribution in [3.63, 3.8) is 0 Å². The Morgan fingerprint density at radius 3 is 2.67 bits per heavy atom. The molecule has 0 fully saturated rings. The van der Waals surface area contributed by atoms with Gasteiger partial charge < -0.3 is 4.90 Å². The van der Waals surface area contributed by atoms with E-state index in [9.17, 15) is 9.18 Å². The van der Waals surface area contributed by atoms with E-state index in [-0.39, 0.29) is 17.8 Å². The van der Waals surface area contributed by atoms with E-state index in [1.807, 2.05) is 41.3 Å². The van der Waals surface area contributed by atoms with Gasteiger partial charge in [-0.05, 0) is 24.1 Å².